The van der Waals surface area contributed by atoms with E-state index in [1.54, 1.807) is 7.05 Å². The Balaban J connectivity index is 2.24. The first kappa shape index (κ1) is 9.67. The van der Waals surface area contributed by atoms with E-state index in [-0.39, 0.29) is 0 Å². The summed E-state index contributed by atoms with van der Waals surface area (Å²) in [5.74, 6) is 0. The molecule has 70 valence electrons. The monoisotopic (exact) mass is 190 g/mol. The molecule has 0 aromatic rings. The highest BCUT2D eigenvalue weighted by atomic mass is 32.2. The molecule has 12 heavy (non-hydrogen) atoms. The highest BCUT2D eigenvalue weighted by molar-refractivity contribution is 7.95. The Labute approximate surface area is 76.8 Å². The molecule has 0 radical (unpaired) electrons. The summed E-state index contributed by atoms with van der Waals surface area (Å²) in [6.45, 7) is 2.00. The van der Waals surface area contributed by atoms with Gasteiger partial charge in [0.05, 0.1) is 0 Å². The number of hydrogen-bond acceptors (Lipinski definition) is 3. The Hall–Kier alpha value is -0.420. The minimum absolute atomic E-state index is 0.884. The van der Waals surface area contributed by atoms with E-state index in [0.29, 0.717) is 0 Å². The van der Waals surface area contributed by atoms with Crippen molar-refractivity contribution in [2.45, 2.75) is 19.3 Å². The molecule has 0 aromatic heterocycles. The van der Waals surface area contributed by atoms with E-state index in [1.807, 2.05) is 0 Å². The van der Waals surface area contributed by atoms with Crippen molar-refractivity contribution in [3.8, 4) is 0 Å². The van der Waals surface area contributed by atoms with Gasteiger partial charge in [-0.3, -0.25) is 0 Å². The van der Waals surface area contributed by atoms with Gasteiger partial charge in [-0.1, -0.05) is 6.42 Å². The lowest BCUT2D eigenvalue weighted by Gasteiger charge is -2.27. The highest BCUT2D eigenvalue weighted by Crippen LogP contribution is 2.20. The molecule has 1 aliphatic heterocycles. The maximum atomic E-state index is 10.5. The summed E-state index contributed by atoms with van der Waals surface area (Å²) in [6, 6.07) is 0. The molecule has 0 saturated carbocycles. The molecule has 4 nitrogen and oxygen atoms in total. The Bertz CT molecular complexity index is 159. The van der Waals surface area contributed by atoms with Crippen molar-refractivity contribution in [2.24, 2.45) is 0 Å². The molecule has 0 bridgehead atoms. The predicted octanol–water partition coefficient (Wildman–Crippen LogP) is 1.65. The van der Waals surface area contributed by atoms with E-state index < -0.39 is 6.09 Å². The van der Waals surface area contributed by atoms with Gasteiger partial charge in [0.15, 0.2) is 0 Å². The second-order valence-corrected chi connectivity index (χ2v) is 4.08. The van der Waals surface area contributed by atoms with Gasteiger partial charge in [0.2, 0.25) is 0 Å². The van der Waals surface area contributed by atoms with Crippen molar-refractivity contribution in [2.75, 3.05) is 20.1 Å². The zero-order valence-corrected chi connectivity index (χ0v) is 8.01. The molecule has 0 atom stereocenters. The van der Waals surface area contributed by atoms with E-state index in [4.69, 9.17) is 5.11 Å². The van der Waals surface area contributed by atoms with Crippen LogP contribution in [0.1, 0.15) is 19.3 Å². The lowest BCUT2D eigenvalue weighted by atomic mass is 10.2. The summed E-state index contributed by atoms with van der Waals surface area (Å²) in [7, 11) is 1.57. The van der Waals surface area contributed by atoms with E-state index in [0.717, 1.165) is 13.1 Å². The fourth-order valence-electron chi connectivity index (χ4n) is 1.15. The number of carbonyl (C=O) groups is 1. The second kappa shape index (κ2) is 4.57. The van der Waals surface area contributed by atoms with E-state index in [2.05, 4.69) is 4.31 Å². The summed E-state index contributed by atoms with van der Waals surface area (Å²) < 4.78 is 3.34. The first-order chi connectivity index (χ1) is 5.70. The SMILES string of the molecule is CN(SN1CCCCC1)C(=O)O. The van der Waals surface area contributed by atoms with Crippen LogP contribution in [0.2, 0.25) is 0 Å². The van der Waals surface area contributed by atoms with Crippen molar-refractivity contribution < 1.29 is 9.90 Å². The van der Waals surface area contributed by atoms with Crippen LogP contribution in [0.3, 0.4) is 0 Å². The Morgan fingerprint density at radius 1 is 1.42 bits per heavy atom. The largest absolute Gasteiger partial charge is 0.464 e. The summed E-state index contributed by atoms with van der Waals surface area (Å²) in [5, 5.41) is 8.59. The van der Waals surface area contributed by atoms with Gasteiger partial charge in [0.25, 0.3) is 0 Å². The fourth-order valence-corrected chi connectivity index (χ4v) is 1.99. The molecule has 5 heteroatoms. The minimum atomic E-state index is -0.884. The van der Waals surface area contributed by atoms with Gasteiger partial charge >= 0.3 is 6.09 Å². The van der Waals surface area contributed by atoms with E-state index in [1.165, 1.54) is 35.7 Å². The van der Waals surface area contributed by atoms with Crippen LogP contribution in [0.4, 0.5) is 4.79 Å². The van der Waals surface area contributed by atoms with Gasteiger partial charge in [-0.15, -0.1) is 0 Å². The third-order valence-corrected chi connectivity index (χ3v) is 2.82. The molecule has 1 heterocycles. The van der Waals surface area contributed by atoms with Crippen LogP contribution in [-0.2, 0) is 0 Å². The first-order valence-corrected chi connectivity index (χ1v) is 4.83. The van der Waals surface area contributed by atoms with Gasteiger partial charge in [-0.25, -0.2) is 13.4 Å². The van der Waals surface area contributed by atoms with Crippen LogP contribution in [0, 0.1) is 0 Å². The van der Waals surface area contributed by atoms with Crippen molar-refractivity contribution in [3.63, 3.8) is 0 Å². The molecule has 0 aliphatic carbocycles. The molecule has 1 N–H and O–H groups in total. The van der Waals surface area contributed by atoms with E-state index >= 15 is 0 Å². The van der Waals surface area contributed by atoms with Crippen molar-refractivity contribution in [1.29, 1.82) is 0 Å². The Morgan fingerprint density at radius 2 is 2.00 bits per heavy atom. The van der Waals surface area contributed by atoms with Crippen molar-refractivity contribution in [1.82, 2.24) is 8.61 Å². The number of amides is 1. The van der Waals surface area contributed by atoms with Crippen LogP contribution in [0.5, 0.6) is 0 Å². The molecule has 0 unspecified atom stereocenters. The zero-order valence-electron chi connectivity index (χ0n) is 7.19. The first-order valence-electron chi connectivity index (χ1n) is 4.10. The second-order valence-electron chi connectivity index (χ2n) is 2.85. The number of hydrogen-bond donors (Lipinski definition) is 1. The number of carboxylic acid groups (broad SMARTS) is 1. The fraction of sp³-hybridized carbons (Fsp3) is 0.857. The Kier molecular flexibility index (Phi) is 3.68. The minimum Gasteiger partial charge on any atom is -0.464 e. The third-order valence-electron chi connectivity index (χ3n) is 1.82. The van der Waals surface area contributed by atoms with Gasteiger partial charge in [0, 0.05) is 32.3 Å². The summed E-state index contributed by atoms with van der Waals surface area (Å²) in [6.07, 6.45) is 2.75. The molecule has 1 fully saturated rings. The predicted molar refractivity (Wildman–Crippen MR) is 48.8 cm³/mol. The number of piperidine rings is 1. The maximum absolute atomic E-state index is 10.5. The smallest absolute Gasteiger partial charge is 0.418 e. The van der Waals surface area contributed by atoms with Gasteiger partial charge in [0.1, 0.15) is 0 Å². The summed E-state index contributed by atoms with van der Waals surface area (Å²) >= 11 is 1.30. The molecular formula is C7H14N2O2S. The Morgan fingerprint density at radius 3 is 2.50 bits per heavy atom. The van der Waals surface area contributed by atoms with Crippen LogP contribution in [0.15, 0.2) is 0 Å². The van der Waals surface area contributed by atoms with Crippen LogP contribution in [-0.4, -0.2) is 39.9 Å². The van der Waals surface area contributed by atoms with Crippen LogP contribution >= 0.6 is 12.1 Å². The van der Waals surface area contributed by atoms with Crippen molar-refractivity contribution >= 4 is 18.2 Å². The molecule has 0 aromatic carbocycles. The van der Waals surface area contributed by atoms with Gasteiger partial charge in [-0.2, -0.15) is 0 Å². The quantitative estimate of drug-likeness (QED) is 0.672. The lowest BCUT2D eigenvalue weighted by molar-refractivity contribution is 0.179. The van der Waals surface area contributed by atoms with Crippen molar-refractivity contribution in [3.05, 3.63) is 0 Å². The molecule has 1 aliphatic rings. The van der Waals surface area contributed by atoms with Crippen LogP contribution < -0.4 is 0 Å². The van der Waals surface area contributed by atoms with Crippen LogP contribution in [0.25, 0.3) is 0 Å². The molecule has 1 saturated heterocycles. The molecule has 0 spiro atoms. The lowest BCUT2D eigenvalue weighted by Crippen LogP contribution is -2.29. The third kappa shape index (κ3) is 2.91. The van der Waals surface area contributed by atoms with E-state index in [9.17, 15) is 4.79 Å². The van der Waals surface area contributed by atoms with Gasteiger partial charge in [-0.05, 0) is 12.8 Å². The molecule has 1 rings (SSSR count). The average molecular weight is 190 g/mol. The topological polar surface area (TPSA) is 43.8 Å². The normalized spacial score (nSPS) is 19.1. The molecular weight excluding hydrogens is 176 g/mol. The standard InChI is InChI=1S/C7H14N2O2S/c1-8(7(10)11)12-9-5-3-2-4-6-9/h2-6H2,1H3,(H,10,11). The highest BCUT2D eigenvalue weighted by Gasteiger charge is 2.15. The number of nitrogens with zero attached hydrogens (tertiary/aromatic N) is 2. The summed E-state index contributed by atoms with van der Waals surface area (Å²) in [4.78, 5) is 10.5. The number of rotatable bonds is 2. The van der Waals surface area contributed by atoms with Gasteiger partial charge < -0.3 is 5.11 Å². The maximum Gasteiger partial charge on any atom is 0.418 e. The zero-order chi connectivity index (χ0) is 8.97. The molecule has 1 amide bonds. The average Bonchev–Trinajstić information content (AvgIpc) is 2.06. The summed E-state index contributed by atoms with van der Waals surface area (Å²) in [5.41, 5.74) is 0.